The number of cyclic esters (lactones) is 1. The molecule has 3 aliphatic heterocycles. The van der Waals surface area contributed by atoms with Crippen LogP contribution in [0.1, 0.15) is 71.4 Å². The molecule has 1 aromatic carbocycles. The molecule has 262 valence electrons. The van der Waals surface area contributed by atoms with Gasteiger partial charge in [0.15, 0.2) is 5.82 Å². The topological polar surface area (TPSA) is 130 Å². The number of nitrogens with zero attached hydrogens (tertiary/aromatic N) is 6. The van der Waals surface area contributed by atoms with Gasteiger partial charge >= 0.3 is 12.1 Å². The number of hydrogen-bond acceptors (Lipinski definition) is 9. The number of aromatic nitrogens is 3. The first-order chi connectivity index (χ1) is 22.9. The van der Waals surface area contributed by atoms with E-state index in [0.29, 0.717) is 68.5 Å². The number of fused-ring (bicyclic) bond motifs is 1. The number of likely N-dealkylation sites (N-methyl/N-ethyl adjacent to an activating group) is 1. The van der Waals surface area contributed by atoms with Crippen molar-refractivity contribution in [3.05, 3.63) is 41.2 Å². The maximum atomic E-state index is 15.3. The number of carbonyl (C=O) groups excluding carboxylic acids is 3. The molecular formula is C35H49FN6O6. The number of hydrogen-bond donors (Lipinski definition) is 1. The average molecular weight is 669 g/mol. The number of carbonyl (C=O) groups is 3. The van der Waals surface area contributed by atoms with E-state index in [1.807, 2.05) is 46.0 Å². The van der Waals surface area contributed by atoms with Gasteiger partial charge in [-0.2, -0.15) is 0 Å². The van der Waals surface area contributed by atoms with Crippen molar-refractivity contribution in [1.82, 2.24) is 29.7 Å². The van der Waals surface area contributed by atoms with E-state index in [0.717, 1.165) is 13.1 Å². The summed E-state index contributed by atoms with van der Waals surface area (Å²) in [5.41, 5.74) is 1.97. The Hall–Kier alpha value is -3.84. The second-order valence-corrected chi connectivity index (χ2v) is 13.7. The van der Waals surface area contributed by atoms with Gasteiger partial charge in [-0.3, -0.25) is 9.59 Å². The van der Waals surface area contributed by atoms with Gasteiger partial charge in [0.1, 0.15) is 17.7 Å². The molecule has 1 N–H and O–H groups in total. The summed E-state index contributed by atoms with van der Waals surface area (Å²) in [6.07, 6.45) is 5.18. The number of likely N-dealkylation sites (tertiary alicyclic amines) is 1. The summed E-state index contributed by atoms with van der Waals surface area (Å²) in [6.45, 7) is 11.2. The molecule has 0 unspecified atom stereocenters. The Bertz CT molecular complexity index is 1530. The third-order valence-corrected chi connectivity index (χ3v) is 9.91. The number of piperazine rings is 1. The summed E-state index contributed by atoms with van der Waals surface area (Å²) in [4.78, 5) is 43.6. The van der Waals surface area contributed by atoms with Crippen molar-refractivity contribution < 1.29 is 33.4 Å². The molecule has 5 atom stereocenters. The molecule has 2 amide bonds. The van der Waals surface area contributed by atoms with Crippen LogP contribution >= 0.6 is 0 Å². The summed E-state index contributed by atoms with van der Waals surface area (Å²) in [7, 11) is 2.02. The van der Waals surface area contributed by atoms with Crippen LogP contribution in [-0.2, 0) is 19.1 Å². The quantitative estimate of drug-likeness (QED) is 0.377. The van der Waals surface area contributed by atoms with Crippen LogP contribution in [0, 0.1) is 17.7 Å². The summed E-state index contributed by atoms with van der Waals surface area (Å²) in [5, 5.41) is 19.0. The predicted octanol–water partition coefficient (Wildman–Crippen LogP) is 4.19. The second kappa shape index (κ2) is 15.6. The number of aliphatic hydroxyl groups excluding tert-OH is 1. The summed E-state index contributed by atoms with van der Waals surface area (Å²) in [6, 6.07) is 3.20. The lowest BCUT2D eigenvalue weighted by Crippen LogP contribution is -2.48. The number of piperidine rings is 1. The summed E-state index contributed by atoms with van der Waals surface area (Å²) < 4.78 is 29.0. The largest absolute Gasteiger partial charge is 0.457 e. The van der Waals surface area contributed by atoms with E-state index < -0.39 is 30.1 Å². The van der Waals surface area contributed by atoms with E-state index >= 15 is 4.39 Å². The zero-order valence-electron chi connectivity index (χ0n) is 28.7. The van der Waals surface area contributed by atoms with Gasteiger partial charge < -0.3 is 29.3 Å². The minimum Gasteiger partial charge on any atom is -0.457 e. The molecule has 2 aromatic rings. The fourth-order valence-corrected chi connectivity index (χ4v) is 6.77. The molecule has 5 rings (SSSR count). The van der Waals surface area contributed by atoms with Crippen molar-refractivity contribution in [3.8, 4) is 0 Å². The maximum Gasteiger partial charge on any atom is 0.410 e. The molecule has 2 saturated heterocycles. The highest BCUT2D eigenvalue weighted by molar-refractivity contribution is 5.79. The average Bonchev–Trinajstić information content (AvgIpc) is 3.48. The van der Waals surface area contributed by atoms with Crippen LogP contribution in [0.25, 0.3) is 17.1 Å². The Morgan fingerprint density at radius 3 is 2.40 bits per heavy atom. The number of benzene rings is 1. The number of rotatable bonds is 4. The zero-order valence-corrected chi connectivity index (χ0v) is 28.7. The van der Waals surface area contributed by atoms with Crippen molar-refractivity contribution in [2.45, 2.75) is 84.2 Å². The molecule has 12 nitrogen and oxygen atoms in total. The number of aliphatic hydroxyl groups is 1. The lowest BCUT2D eigenvalue weighted by molar-refractivity contribution is -0.151. The first kappa shape index (κ1) is 35.5. The first-order valence-corrected chi connectivity index (χ1v) is 17.1. The number of esters is 1. The summed E-state index contributed by atoms with van der Waals surface area (Å²) in [5.74, 6) is -1.41. The van der Waals surface area contributed by atoms with Gasteiger partial charge in [0.25, 0.3) is 0 Å². The van der Waals surface area contributed by atoms with Crippen LogP contribution < -0.4 is 0 Å². The molecule has 0 bridgehead atoms. The molecule has 1 aromatic heterocycles. The van der Waals surface area contributed by atoms with E-state index in [4.69, 9.17) is 9.47 Å². The van der Waals surface area contributed by atoms with Gasteiger partial charge in [0.2, 0.25) is 5.91 Å². The Kier molecular flexibility index (Phi) is 11.5. The number of amides is 2. The fourth-order valence-electron chi connectivity index (χ4n) is 6.77. The van der Waals surface area contributed by atoms with Crippen LogP contribution in [0.4, 0.5) is 9.18 Å². The van der Waals surface area contributed by atoms with Gasteiger partial charge in [0, 0.05) is 52.1 Å². The lowest BCUT2D eigenvalue weighted by atomic mass is 9.91. The van der Waals surface area contributed by atoms with Crippen molar-refractivity contribution >= 4 is 35.1 Å². The highest BCUT2D eigenvalue weighted by Gasteiger charge is 2.30. The highest BCUT2D eigenvalue weighted by atomic mass is 19.1. The maximum absolute atomic E-state index is 15.3. The monoisotopic (exact) mass is 668 g/mol. The van der Waals surface area contributed by atoms with Crippen LogP contribution in [-0.4, -0.2) is 117 Å². The fraction of sp³-hybridized carbons (Fsp3) is 0.629. The molecule has 3 aliphatic rings. The molecule has 0 saturated carbocycles. The summed E-state index contributed by atoms with van der Waals surface area (Å²) >= 11 is 0. The zero-order chi connectivity index (χ0) is 34.5. The van der Waals surface area contributed by atoms with Gasteiger partial charge in [-0.25, -0.2) is 13.9 Å². The van der Waals surface area contributed by atoms with Crippen LogP contribution in [0.2, 0.25) is 0 Å². The number of ether oxygens (including phenoxy) is 2. The van der Waals surface area contributed by atoms with E-state index in [9.17, 15) is 19.5 Å². The van der Waals surface area contributed by atoms with Crippen LogP contribution in [0.3, 0.4) is 0 Å². The minimum absolute atomic E-state index is 0.0186. The van der Waals surface area contributed by atoms with Gasteiger partial charge in [-0.05, 0) is 74.9 Å². The first-order valence-electron chi connectivity index (χ1n) is 17.1. The van der Waals surface area contributed by atoms with Crippen molar-refractivity contribution in [1.29, 1.82) is 0 Å². The van der Waals surface area contributed by atoms with E-state index in [2.05, 4.69) is 15.2 Å². The smallest absolute Gasteiger partial charge is 0.410 e. The molecule has 48 heavy (non-hydrogen) atoms. The van der Waals surface area contributed by atoms with Crippen LogP contribution in [0.5, 0.6) is 0 Å². The molecule has 0 radical (unpaired) electrons. The molecule has 4 heterocycles. The minimum atomic E-state index is -0.899. The lowest BCUT2D eigenvalue weighted by Gasteiger charge is -2.33. The van der Waals surface area contributed by atoms with Gasteiger partial charge in [0.05, 0.1) is 24.1 Å². The van der Waals surface area contributed by atoms with E-state index in [-0.39, 0.29) is 41.8 Å². The van der Waals surface area contributed by atoms with E-state index in [1.54, 1.807) is 27.5 Å². The molecule has 0 aliphatic carbocycles. The number of halogens is 1. The molecule has 0 spiro atoms. The third-order valence-electron chi connectivity index (χ3n) is 9.91. The van der Waals surface area contributed by atoms with Gasteiger partial charge in [-0.1, -0.05) is 31.2 Å². The molecule has 13 heteroatoms. The standard InChI is InChI=1S/C35H49FN6O6/c1-22-6-8-28(44)21-32(45)48-34(23(2)7-9-31(22)47-35(46)41-16-14-39(5)15-17-41)24(3)18-26-19-29(36)33-30(20-26)42(38-37-33)27-10-12-40(13-11-27)25(4)43/h7,9,18-20,22-23,27-28,31,34,44H,6,8,10-17,21H2,1-5H3/b9-7?,24-18+/t22-,23-,28+,31-,34-/m0/s1. The molecular weight excluding hydrogens is 619 g/mol. The predicted molar refractivity (Wildman–Crippen MR) is 178 cm³/mol. The van der Waals surface area contributed by atoms with E-state index in [1.165, 1.54) is 6.07 Å². The van der Waals surface area contributed by atoms with Crippen molar-refractivity contribution in [3.63, 3.8) is 0 Å². The Morgan fingerprint density at radius 1 is 1.00 bits per heavy atom. The second-order valence-electron chi connectivity index (χ2n) is 13.7. The Labute approximate surface area is 281 Å². The van der Waals surface area contributed by atoms with Crippen molar-refractivity contribution in [2.24, 2.45) is 11.8 Å². The van der Waals surface area contributed by atoms with Crippen molar-refractivity contribution in [2.75, 3.05) is 46.3 Å². The SMILES string of the molecule is CC(=O)N1CCC(n2nnc3c(F)cc(/C=C(\C)[C@H]4OC(=O)C[C@H](O)CC[C@H](C)[C@@H](OC(=O)N5CCN(C)CC5)C=C[C@@H]4C)cc32)CC1. The highest BCUT2D eigenvalue weighted by Crippen LogP contribution is 2.30. The Morgan fingerprint density at radius 2 is 1.71 bits per heavy atom. The Balaban J connectivity index is 1.39. The van der Waals surface area contributed by atoms with Crippen LogP contribution in [0.15, 0.2) is 29.9 Å². The third kappa shape index (κ3) is 8.59. The normalized spacial score (nSPS) is 27.4. The van der Waals surface area contributed by atoms with Gasteiger partial charge in [-0.15, -0.1) is 5.10 Å². The molecule has 2 fully saturated rings.